The highest BCUT2D eigenvalue weighted by atomic mass is 16.2. The summed E-state index contributed by atoms with van der Waals surface area (Å²) < 4.78 is 0. The van der Waals surface area contributed by atoms with Crippen LogP contribution in [0.3, 0.4) is 0 Å². The molecule has 0 aromatic heterocycles. The number of urea groups is 1. The molecule has 1 N–H and O–H groups in total. The van der Waals surface area contributed by atoms with Crippen molar-refractivity contribution in [2.24, 2.45) is 0 Å². The Kier molecular flexibility index (Phi) is 4.20. The van der Waals surface area contributed by atoms with Crippen molar-refractivity contribution in [3.8, 4) is 0 Å². The van der Waals surface area contributed by atoms with Gasteiger partial charge in [0.2, 0.25) is 0 Å². The fourth-order valence-electron chi connectivity index (χ4n) is 2.91. The molecule has 0 saturated carbocycles. The van der Waals surface area contributed by atoms with Crippen LogP contribution in [0.2, 0.25) is 0 Å². The van der Waals surface area contributed by atoms with Gasteiger partial charge in [-0.05, 0) is 24.0 Å². The lowest BCUT2D eigenvalue weighted by molar-refractivity contribution is 0.192. The van der Waals surface area contributed by atoms with Gasteiger partial charge in [0.1, 0.15) is 0 Å². The van der Waals surface area contributed by atoms with E-state index in [1.807, 2.05) is 53.4 Å². The third kappa shape index (κ3) is 3.24. The zero-order valence-electron chi connectivity index (χ0n) is 12.0. The van der Waals surface area contributed by atoms with Crippen LogP contribution < -0.4 is 5.32 Å². The van der Waals surface area contributed by atoms with Crippen molar-refractivity contribution in [3.05, 3.63) is 71.8 Å². The lowest BCUT2D eigenvalue weighted by atomic mass is 10.1. The normalized spacial score (nSPS) is 17.7. The van der Waals surface area contributed by atoms with Crippen molar-refractivity contribution in [2.45, 2.75) is 25.4 Å². The first kappa shape index (κ1) is 13.7. The molecule has 1 aliphatic rings. The topological polar surface area (TPSA) is 32.3 Å². The molecule has 1 saturated heterocycles. The summed E-state index contributed by atoms with van der Waals surface area (Å²) in [6.45, 7) is 1.41. The first-order chi connectivity index (χ1) is 10.3. The van der Waals surface area contributed by atoms with E-state index in [0.717, 1.165) is 24.9 Å². The number of benzene rings is 2. The summed E-state index contributed by atoms with van der Waals surface area (Å²) in [4.78, 5) is 14.4. The standard InChI is InChI=1S/C18H20N2O/c21-18(19-14-15-8-3-1-4-9-15)20-13-7-12-17(20)16-10-5-2-6-11-16/h1-6,8-11,17H,7,12-14H2,(H,19,21). The third-order valence-electron chi connectivity index (χ3n) is 3.98. The second kappa shape index (κ2) is 6.44. The van der Waals surface area contributed by atoms with Gasteiger partial charge in [-0.25, -0.2) is 4.79 Å². The summed E-state index contributed by atoms with van der Waals surface area (Å²) in [7, 11) is 0. The van der Waals surface area contributed by atoms with Crippen molar-refractivity contribution < 1.29 is 4.79 Å². The molecule has 0 spiro atoms. The van der Waals surface area contributed by atoms with Gasteiger partial charge in [0.15, 0.2) is 0 Å². The average molecular weight is 280 g/mol. The van der Waals surface area contributed by atoms with E-state index in [0.29, 0.717) is 6.54 Å². The molecule has 0 aliphatic carbocycles. The van der Waals surface area contributed by atoms with Crippen LogP contribution in [0.15, 0.2) is 60.7 Å². The van der Waals surface area contributed by atoms with Crippen LogP contribution in [0.25, 0.3) is 0 Å². The van der Waals surface area contributed by atoms with E-state index in [9.17, 15) is 4.79 Å². The molecule has 1 unspecified atom stereocenters. The van der Waals surface area contributed by atoms with Crippen LogP contribution in [0.4, 0.5) is 4.79 Å². The Morgan fingerprint density at radius 2 is 1.71 bits per heavy atom. The number of carbonyl (C=O) groups is 1. The SMILES string of the molecule is O=C(NCc1ccccc1)N1CCCC1c1ccccc1. The number of carbonyl (C=O) groups excluding carboxylic acids is 1. The molecule has 3 rings (SSSR count). The zero-order chi connectivity index (χ0) is 14.5. The van der Waals surface area contributed by atoms with Crippen molar-refractivity contribution in [3.63, 3.8) is 0 Å². The number of nitrogens with zero attached hydrogens (tertiary/aromatic N) is 1. The van der Waals surface area contributed by atoms with Crippen molar-refractivity contribution in [1.29, 1.82) is 0 Å². The smallest absolute Gasteiger partial charge is 0.318 e. The first-order valence-electron chi connectivity index (χ1n) is 7.48. The van der Waals surface area contributed by atoms with Gasteiger partial charge in [-0.15, -0.1) is 0 Å². The molecule has 1 atom stereocenters. The van der Waals surface area contributed by atoms with Gasteiger partial charge in [0.25, 0.3) is 0 Å². The van der Waals surface area contributed by atoms with Gasteiger partial charge in [-0.3, -0.25) is 0 Å². The average Bonchev–Trinajstić information content (AvgIpc) is 3.04. The molecule has 3 heteroatoms. The molecule has 0 radical (unpaired) electrons. The van der Waals surface area contributed by atoms with E-state index >= 15 is 0 Å². The number of nitrogens with one attached hydrogen (secondary N) is 1. The Balaban J connectivity index is 1.64. The van der Waals surface area contributed by atoms with Crippen LogP contribution in [0, 0.1) is 0 Å². The molecule has 3 nitrogen and oxygen atoms in total. The van der Waals surface area contributed by atoms with Crippen LogP contribution in [-0.4, -0.2) is 17.5 Å². The predicted molar refractivity (Wildman–Crippen MR) is 83.8 cm³/mol. The highest BCUT2D eigenvalue weighted by Crippen LogP contribution is 2.31. The molecule has 2 aromatic rings. The molecule has 1 heterocycles. The van der Waals surface area contributed by atoms with E-state index in [1.54, 1.807) is 0 Å². The van der Waals surface area contributed by atoms with E-state index < -0.39 is 0 Å². The predicted octanol–water partition coefficient (Wildman–Crippen LogP) is 3.73. The number of rotatable bonds is 3. The van der Waals surface area contributed by atoms with Gasteiger partial charge < -0.3 is 10.2 Å². The summed E-state index contributed by atoms with van der Waals surface area (Å²) >= 11 is 0. The maximum atomic E-state index is 12.4. The molecular formula is C18H20N2O. The molecule has 108 valence electrons. The molecule has 2 aromatic carbocycles. The van der Waals surface area contributed by atoms with Gasteiger partial charge >= 0.3 is 6.03 Å². The molecule has 1 aliphatic heterocycles. The van der Waals surface area contributed by atoms with Crippen LogP contribution in [0.5, 0.6) is 0 Å². The second-order valence-electron chi connectivity index (χ2n) is 5.41. The zero-order valence-corrected chi connectivity index (χ0v) is 12.0. The highest BCUT2D eigenvalue weighted by molar-refractivity contribution is 5.75. The van der Waals surface area contributed by atoms with Crippen LogP contribution in [-0.2, 0) is 6.54 Å². The fourth-order valence-corrected chi connectivity index (χ4v) is 2.91. The first-order valence-corrected chi connectivity index (χ1v) is 7.48. The Morgan fingerprint density at radius 3 is 2.43 bits per heavy atom. The van der Waals surface area contributed by atoms with Gasteiger partial charge in [0, 0.05) is 13.1 Å². The summed E-state index contributed by atoms with van der Waals surface area (Å²) in [6, 6.07) is 20.6. The maximum Gasteiger partial charge on any atom is 0.318 e. The summed E-state index contributed by atoms with van der Waals surface area (Å²) in [6.07, 6.45) is 2.11. The molecule has 21 heavy (non-hydrogen) atoms. The Morgan fingerprint density at radius 1 is 1.05 bits per heavy atom. The van der Waals surface area contributed by atoms with Crippen LogP contribution in [0.1, 0.15) is 30.0 Å². The minimum Gasteiger partial charge on any atom is -0.334 e. The number of amides is 2. The Labute approximate surface area is 125 Å². The second-order valence-corrected chi connectivity index (χ2v) is 5.41. The number of hydrogen-bond acceptors (Lipinski definition) is 1. The monoisotopic (exact) mass is 280 g/mol. The lowest BCUT2D eigenvalue weighted by Crippen LogP contribution is -2.39. The minimum absolute atomic E-state index is 0.0326. The summed E-state index contributed by atoms with van der Waals surface area (Å²) in [5, 5.41) is 3.03. The number of hydrogen-bond donors (Lipinski definition) is 1. The highest BCUT2D eigenvalue weighted by Gasteiger charge is 2.29. The van der Waals surface area contributed by atoms with Gasteiger partial charge in [-0.1, -0.05) is 60.7 Å². The van der Waals surface area contributed by atoms with Gasteiger partial charge in [0.05, 0.1) is 6.04 Å². The summed E-state index contributed by atoms with van der Waals surface area (Å²) in [5.74, 6) is 0. The lowest BCUT2D eigenvalue weighted by Gasteiger charge is -2.25. The molecule has 2 amide bonds. The minimum atomic E-state index is 0.0326. The molecule has 1 fully saturated rings. The molecule has 0 bridgehead atoms. The maximum absolute atomic E-state index is 12.4. The van der Waals surface area contributed by atoms with Crippen LogP contribution >= 0.6 is 0 Å². The largest absolute Gasteiger partial charge is 0.334 e. The van der Waals surface area contributed by atoms with Crippen molar-refractivity contribution >= 4 is 6.03 Å². The summed E-state index contributed by atoms with van der Waals surface area (Å²) in [5.41, 5.74) is 2.35. The number of likely N-dealkylation sites (tertiary alicyclic amines) is 1. The van der Waals surface area contributed by atoms with Crippen molar-refractivity contribution in [1.82, 2.24) is 10.2 Å². The van der Waals surface area contributed by atoms with E-state index in [1.165, 1.54) is 5.56 Å². The Hall–Kier alpha value is -2.29. The van der Waals surface area contributed by atoms with E-state index in [2.05, 4.69) is 17.4 Å². The van der Waals surface area contributed by atoms with E-state index in [4.69, 9.17) is 0 Å². The van der Waals surface area contributed by atoms with Crippen molar-refractivity contribution in [2.75, 3.05) is 6.54 Å². The third-order valence-corrected chi connectivity index (χ3v) is 3.98. The quantitative estimate of drug-likeness (QED) is 0.912. The molecular weight excluding hydrogens is 260 g/mol. The fraction of sp³-hybridized carbons (Fsp3) is 0.278. The van der Waals surface area contributed by atoms with E-state index in [-0.39, 0.29) is 12.1 Å². The Bertz CT molecular complexity index is 583. The van der Waals surface area contributed by atoms with Gasteiger partial charge in [-0.2, -0.15) is 0 Å².